The molecule has 1 aliphatic rings. The third-order valence-electron chi connectivity index (χ3n) is 2.88. The molecule has 1 atom stereocenters. The second-order valence-corrected chi connectivity index (χ2v) is 4.42. The first-order chi connectivity index (χ1) is 6.88. The highest BCUT2D eigenvalue weighted by atomic mass is 32.1. The fourth-order valence-electron chi connectivity index (χ4n) is 2.05. The van der Waals surface area contributed by atoms with Crippen LogP contribution in [-0.4, -0.2) is 23.7 Å². The summed E-state index contributed by atoms with van der Waals surface area (Å²) in [6.07, 6.45) is 1.32. The van der Waals surface area contributed by atoms with E-state index in [4.69, 9.17) is 0 Å². The minimum absolute atomic E-state index is 0.807. The lowest BCUT2D eigenvalue weighted by Crippen LogP contribution is -2.20. The Bertz CT molecular complexity index is 273. The van der Waals surface area contributed by atoms with Crippen LogP contribution in [-0.2, 0) is 6.54 Å². The van der Waals surface area contributed by atoms with Gasteiger partial charge in [-0.25, -0.2) is 0 Å². The third kappa shape index (κ3) is 2.52. The number of thiol groups is 1. The molecule has 0 spiro atoms. The second kappa shape index (κ2) is 4.85. The molecule has 1 fully saturated rings. The maximum absolute atomic E-state index is 4.36. The Kier molecular flexibility index (Phi) is 3.49. The van der Waals surface area contributed by atoms with Gasteiger partial charge in [-0.3, -0.25) is 4.90 Å². The van der Waals surface area contributed by atoms with Gasteiger partial charge in [-0.1, -0.05) is 30.3 Å². The predicted octanol–water partition coefficient (Wildman–Crippen LogP) is 2.44. The van der Waals surface area contributed by atoms with Crippen molar-refractivity contribution >= 4 is 12.6 Å². The summed E-state index contributed by atoms with van der Waals surface area (Å²) in [5.41, 5.74) is 1.42. The van der Waals surface area contributed by atoms with Crippen molar-refractivity contribution in [2.75, 3.05) is 18.8 Å². The second-order valence-electron chi connectivity index (χ2n) is 4.06. The van der Waals surface area contributed by atoms with Crippen molar-refractivity contribution in [1.82, 2.24) is 4.90 Å². The van der Waals surface area contributed by atoms with E-state index in [2.05, 4.69) is 47.9 Å². The smallest absolute Gasteiger partial charge is 0.0233 e. The highest BCUT2D eigenvalue weighted by Gasteiger charge is 2.20. The van der Waals surface area contributed by atoms with Crippen LogP contribution in [0.1, 0.15) is 12.0 Å². The van der Waals surface area contributed by atoms with E-state index < -0.39 is 0 Å². The molecule has 14 heavy (non-hydrogen) atoms. The molecule has 2 heteroatoms. The van der Waals surface area contributed by atoms with Gasteiger partial charge in [0.15, 0.2) is 0 Å². The minimum Gasteiger partial charge on any atom is -0.299 e. The molecule has 0 aliphatic carbocycles. The van der Waals surface area contributed by atoms with Crippen LogP contribution < -0.4 is 0 Å². The Morgan fingerprint density at radius 3 is 2.71 bits per heavy atom. The molecular formula is C12H17NS. The van der Waals surface area contributed by atoms with Crippen LogP contribution in [0.5, 0.6) is 0 Å². The molecule has 1 aliphatic heterocycles. The van der Waals surface area contributed by atoms with E-state index in [1.54, 1.807) is 0 Å². The van der Waals surface area contributed by atoms with E-state index in [0.29, 0.717) is 0 Å². The number of hydrogen-bond donors (Lipinski definition) is 1. The number of rotatable bonds is 3. The van der Waals surface area contributed by atoms with Crippen LogP contribution in [0.15, 0.2) is 30.3 Å². The number of benzene rings is 1. The Labute approximate surface area is 91.5 Å². The topological polar surface area (TPSA) is 3.24 Å². The lowest BCUT2D eigenvalue weighted by atomic mass is 10.2. The van der Waals surface area contributed by atoms with E-state index in [-0.39, 0.29) is 0 Å². The Balaban J connectivity index is 1.88. The zero-order chi connectivity index (χ0) is 9.80. The van der Waals surface area contributed by atoms with Gasteiger partial charge in [-0.15, -0.1) is 0 Å². The van der Waals surface area contributed by atoms with Gasteiger partial charge in [0.05, 0.1) is 0 Å². The van der Waals surface area contributed by atoms with Crippen molar-refractivity contribution in [3.63, 3.8) is 0 Å². The van der Waals surface area contributed by atoms with Crippen molar-refractivity contribution in [3.8, 4) is 0 Å². The maximum atomic E-state index is 4.36. The molecule has 0 bridgehead atoms. The number of nitrogens with zero attached hydrogens (tertiary/aromatic N) is 1. The van der Waals surface area contributed by atoms with Crippen LogP contribution in [0.2, 0.25) is 0 Å². The van der Waals surface area contributed by atoms with Gasteiger partial charge in [-0.05, 0) is 30.2 Å². The van der Waals surface area contributed by atoms with E-state index >= 15 is 0 Å². The van der Waals surface area contributed by atoms with Gasteiger partial charge in [-0.2, -0.15) is 12.6 Å². The summed E-state index contributed by atoms with van der Waals surface area (Å²) in [5.74, 6) is 1.84. The molecule has 1 saturated heterocycles. The highest BCUT2D eigenvalue weighted by molar-refractivity contribution is 7.80. The van der Waals surface area contributed by atoms with Crippen molar-refractivity contribution in [1.29, 1.82) is 0 Å². The molecule has 0 amide bonds. The predicted molar refractivity (Wildman–Crippen MR) is 63.7 cm³/mol. The molecule has 1 heterocycles. The number of likely N-dealkylation sites (tertiary alicyclic amines) is 1. The average molecular weight is 207 g/mol. The fourth-order valence-corrected chi connectivity index (χ4v) is 2.35. The molecule has 0 aromatic heterocycles. The van der Waals surface area contributed by atoms with E-state index in [1.807, 2.05) is 0 Å². The lowest BCUT2D eigenvalue weighted by Gasteiger charge is -2.15. The van der Waals surface area contributed by atoms with E-state index in [1.165, 1.54) is 25.1 Å². The molecular weight excluding hydrogens is 190 g/mol. The first-order valence-corrected chi connectivity index (χ1v) is 5.89. The molecule has 76 valence electrons. The van der Waals surface area contributed by atoms with Gasteiger partial charge >= 0.3 is 0 Å². The van der Waals surface area contributed by atoms with Crippen LogP contribution in [0.25, 0.3) is 0 Å². The molecule has 2 rings (SSSR count). The summed E-state index contributed by atoms with van der Waals surface area (Å²) in [7, 11) is 0. The molecule has 1 aromatic rings. The lowest BCUT2D eigenvalue weighted by molar-refractivity contribution is 0.321. The summed E-state index contributed by atoms with van der Waals surface area (Å²) in [6.45, 7) is 3.56. The van der Waals surface area contributed by atoms with Crippen LogP contribution in [0.4, 0.5) is 0 Å². The largest absolute Gasteiger partial charge is 0.299 e. The Hall–Kier alpha value is -0.470. The van der Waals surface area contributed by atoms with Crippen LogP contribution >= 0.6 is 12.6 Å². The van der Waals surface area contributed by atoms with Gasteiger partial charge in [0.25, 0.3) is 0 Å². The SMILES string of the molecule is SCC1CCN(Cc2ccccc2)C1. The summed E-state index contributed by atoms with van der Waals surface area (Å²) in [5, 5.41) is 0. The van der Waals surface area contributed by atoms with E-state index in [0.717, 1.165) is 18.2 Å². The van der Waals surface area contributed by atoms with Crippen molar-refractivity contribution in [3.05, 3.63) is 35.9 Å². The maximum Gasteiger partial charge on any atom is 0.0233 e. The zero-order valence-corrected chi connectivity index (χ0v) is 9.29. The third-order valence-corrected chi connectivity index (χ3v) is 3.39. The van der Waals surface area contributed by atoms with Gasteiger partial charge < -0.3 is 0 Å². The fraction of sp³-hybridized carbons (Fsp3) is 0.500. The summed E-state index contributed by atoms with van der Waals surface area (Å²) >= 11 is 4.36. The first-order valence-electron chi connectivity index (χ1n) is 5.25. The zero-order valence-electron chi connectivity index (χ0n) is 8.39. The van der Waals surface area contributed by atoms with Gasteiger partial charge in [0.2, 0.25) is 0 Å². The standard InChI is InChI=1S/C12H17NS/c14-10-12-6-7-13(9-12)8-11-4-2-1-3-5-11/h1-5,12,14H,6-10H2. The molecule has 1 aromatic carbocycles. The molecule has 1 unspecified atom stereocenters. The monoisotopic (exact) mass is 207 g/mol. The average Bonchev–Trinajstić information content (AvgIpc) is 2.67. The normalized spacial score (nSPS) is 22.8. The van der Waals surface area contributed by atoms with Gasteiger partial charge in [0, 0.05) is 13.1 Å². The molecule has 0 saturated carbocycles. The minimum atomic E-state index is 0.807. The van der Waals surface area contributed by atoms with Crippen LogP contribution in [0, 0.1) is 5.92 Å². The van der Waals surface area contributed by atoms with Crippen molar-refractivity contribution < 1.29 is 0 Å². The first kappa shape index (κ1) is 10.1. The van der Waals surface area contributed by atoms with Crippen molar-refractivity contribution in [2.24, 2.45) is 5.92 Å². The molecule has 1 nitrogen and oxygen atoms in total. The Morgan fingerprint density at radius 1 is 1.29 bits per heavy atom. The molecule has 0 radical (unpaired) electrons. The molecule has 0 N–H and O–H groups in total. The summed E-state index contributed by atoms with van der Waals surface area (Å²) in [4.78, 5) is 2.52. The van der Waals surface area contributed by atoms with Crippen molar-refractivity contribution in [2.45, 2.75) is 13.0 Å². The Morgan fingerprint density at radius 2 is 2.07 bits per heavy atom. The highest BCUT2D eigenvalue weighted by Crippen LogP contribution is 2.19. The van der Waals surface area contributed by atoms with Gasteiger partial charge in [0.1, 0.15) is 0 Å². The summed E-state index contributed by atoms with van der Waals surface area (Å²) in [6, 6.07) is 10.7. The number of hydrogen-bond acceptors (Lipinski definition) is 2. The van der Waals surface area contributed by atoms with E-state index in [9.17, 15) is 0 Å². The quantitative estimate of drug-likeness (QED) is 0.745. The summed E-state index contributed by atoms with van der Waals surface area (Å²) < 4.78 is 0. The van der Waals surface area contributed by atoms with Crippen LogP contribution in [0.3, 0.4) is 0 Å².